The summed E-state index contributed by atoms with van der Waals surface area (Å²) < 4.78 is 10.7. The summed E-state index contributed by atoms with van der Waals surface area (Å²) in [6, 6.07) is 12.8. The van der Waals surface area contributed by atoms with Crippen LogP contribution >= 0.6 is 0 Å². The first-order valence-corrected chi connectivity index (χ1v) is 11.0. The van der Waals surface area contributed by atoms with Crippen molar-refractivity contribution in [1.29, 1.82) is 0 Å². The molecule has 0 aliphatic carbocycles. The molecule has 2 aromatic carbocycles. The Bertz CT molecular complexity index is 935. The number of hydrogen-bond acceptors (Lipinski definition) is 6. The lowest BCUT2D eigenvalue weighted by atomic mass is 10.1. The van der Waals surface area contributed by atoms with Gasteiger partial charge in [0.2, 0.25) is 11.7 Å². The normalized spacial score (nSPS) is 11.4. The van der Waals surface area contributed by atoms with Crippen molar-refractivity contribution in [3.05, 3.63) is 64.2 Å². The fourth-order valence-corrected chi connectivity index (χ4v) is 3.33. The molecule has 9 heteroatoms. The topological polar surface area (TPSA) is 111 Å². The second kappa shape index (κ2) is 13.0. The van der Waals surface area contributed by atoms with Gasteiger partial charge >= 0.3 is 5.69 Å². The summed E-state index contributed by atoms with van der Waals surface area (Å²) >= 11 is 0. The minimum absolute atomic E-state index is 0.0350. The number of unbranched alkanes of at least 4 members (excludes halogenated alkanes) is 1. The van der Waals surface area contributed by atoms with Crippen LogP contribution < -0.4 is 14.8 Å². The molecule has 0 aliphatic rings. The molecule has 0 saturated heterocycles. The molecule has 0 aliphatic heterocycles. The molecule has 33 heavy (non-hydrogen) atoms. The molecule has 178 valence electrons. The molecule has 2 amide bonds. The maximum absolute atomic E-state index is 13.2. The van der Waals surface area contributed by atoms with E-state index in [0.29, 0.717) is 13.0 Å². The zero-order chi connectivity index (χ0) is 24.2. The van der Waals surface area contributed by atoms with Crippen molar-refractivity contribution in [3.63, 3.8) is 0 Å². The second-order valence-corrected chi connectivity index (χ2v) is 7.46. The van der Waals surface area contributed by atoms with E-state index in [2.05, 4.69) is 5.32 Å². The van der Waals surface area contributed by atoms with E-state index in [1.165, 1.54) is 30.2 Å². The summed E-state index contributed by atoms with van der Waals surface area (Å²) in [5.74, 6) is -0.278. The number of hydrogen-bond donors (Lipinski definition) is 1. The van der Waals surface area contributed by atoms with Crippen LogP contribution in [0.1, 0.15) is 38.7 Å². The molecule has 1 atom stereocenters. The average Bonchev–Trinajstić information content (AvgIpc) is 2.82. The molecule has 2 rings (SSSR count). The number of carbonyl (C=O) groups is 2. The van der Waals surface area contributed by atoms with Crippen LogP contribution in [0.15, 0.2) is 48.5 Å². The van der Waals surface area contributed by atoms with Crippen LogP contribution in [0.5, 0.6) is 11.5 Å². The monoisotopic (exact) mass is 457 g/mol. The Hall–Kier alpha value is -3.62. The quantitative estimate of drug-likeness (QED) is 0.279. The maximum Gasteiger partial charge on any atom is 0.311 e. The van der Waals surface area contributed by atoms with E-state index < -0.39 is 11.0 Å². The van der Waals surface area contributed by atoms with Crippen molar-refractivity contribution in [2.75, 3.05) is 20.3 Å². The van der Waals surface area contributed by atoms with Gasteiger partial charge in [-0.1, -0.05) is 50.6 Å². The molecule has 0 radical (unpaired) electrons. The van der Waals surface area contributed by atoms with Crippen LogP contribution in [0, 0.1) is 10.1 Å². The lowest BCUT2D eigenvalue weighted by molar-refractivity contribution is -0.385. The summed E-state index contributed by atoms with van der Waals surface area (Å²) in [7, 11) is 1.32. The van der Waals surface area contributed by atoms with Gasteiger partial charge in [0.25, 0.3) is 5.91 Å². The first-order chi connectivity index (χ1) is 15.9. The van der Waals surface area contributed by atoms with Gasteiger partial charge < -0.3 is 19.7 Å². The van der Waals surface area contributed by atoms with Gasteiger partial charge in [0.15, 0.2) is 6.61 Å². The Labute approximate surface area is 193 Å². The molecule has 2 aromatic rings. The molecule has 0 heterocycles. The zero-order valence-corrected chi connectivity index (χ0v) is 19.3. The van der Waals surface area contributed by atoms with Gasteiger partial charge in [-0.05, 0) is 24.5 Å². The van der Waals surface area contributed by atoms with Crippen molar-refractivity contribution < 1.29 is 24.0 Å². The number of carbonyl (C=O) groups excluding carboxylic acids is 2. The highest BCUT2D eigenvalue weighted by Crippen LogP contribution is 2.30. The molecule has 1 N–H and O–H groups in total. The summed E-state index contributed by atoms with van der Waals surface area (Å²) in [4.78, 5) is 38.0. The molecule has 0 aromatic heterocycles. The number of amides is 2. The number of rotatable bonds is 13. The van der Waals surface area contributed by atoms with Gasteiger partial charge in [-0.15, -0.1) is 0 Å². The van der Waals surface area contributed by atoms with Gasteiger partial charge in [0.1, 0.15) is 11.8 Å². The summed E-state index contributed by atoms with van der Waals surface area (Å²) in [5.41, 5.74) is 0.694. The van der Waals surface area contributed by atoms with E-state index in [4.69, 9.17) is 9.47 Å². The molecule has 0 spiro atoms. The second-order valence-electron chi connectivity index (χ2n) is 7.46. The third-order valence-corrected chi connectivity index (χ3v) is 5.12. The van der Waals surface area contributed by atoms with Gasteiger partial charge in [-0.25, -0.2) is 0 Å². The van der Waals surface area contributed by atoms with Gasteiger partial charge in [0.05, 0.1) is 12.0 Å². The van der Waals surface area contributed by atoms with E-state index in [0.717, 1.165) is 18.4 Å². The van der Waals surface area contributed by atoms with Crippen molar-refractivity contribution in [2.45, 2.75) is 45.7 Å². The predicted molar refractivity (Wildman–Crippen MR) is 124 cm³/mol. The number of benzene rings is 2. The van der Waals surface area contributed by atoms with E-state index in [1.807, 2.05) is 44.2 Å². The number of methoxy groups -OCH3 is 1. The van der Waals surface area contributed by atoms with Crippen LogP contribution in [-0.4, -0.2) is 47.9 Å². The van der Waals surface area contributed by atoms with E-state index >= 15 is 0 Å². The van der Waals surface area contributed by atoms with Crippen molar-refractivity contribution in [2.24, 2.45) is 0 Å². The van der Waals surface area contributed by atoms with E-state index in [-0.39, 0.29) is 42.2 Å². The zero-order valence-electron chi connectivity index (χ0n) is 19.3. The molecular weight excluding hydrogens is 426 g/mol. The van der Waals surface area contributed by atoms with Crippen molar-refractivity contribution in [3.8, 4) is 11.5 Å². The highest BCUT2D eigenvalue weighted by molar-refractivity contribution is 5.88. The third-order valence-electron chi connectivity index (χ3n) is 5.12. The average molecular weight is 458 g/mol. The van der Waals surface area contributed by atoms with E-state index in [1.54, 1.807) is 0 Å². The minimum atomic E-state index is -0.649. The summed E-state index contributed by atoms with van der Waals surface area (Å²) in [6.45, 7) is 4.38. The lowest BCUT2D eigenvalue weighted by Gasteiger charge is -2.30. The van der Waals surface area contributed by atoms with Crippen LogP contribution in [-0.2, 0) is 16.1 Å². The Balaban J connectivity index is 2.18. The summed E-state index contributed by atoms with van der Waals surface area (Å²) in [5, 5.41) is 14.0. The number of nitro groups is 1. The number of nitrogens with one attached hydrogen (secondary N) is 1. The molecule has 0 bridgehead atoms. The number of nitrogens with zero attached hydrogens (tertiary/aromatic N) is 2. The van der Waals surface area contributed by atoms with Crippen molar-refractivity contribution >= 4 is 17.5 Å². The SMILES string of the molecule is CCCCNC(=O)[C@H](CC)N(Cc1ccccc1)C(=O)COc1ccc([N+](=O)[O-])c(OC)c1. The standard InChI is InChI=1S/C24H31N3O6/c1-4-6-14-25-24(29)20(5-2)26(16-18-10-8-7-9-11-18)23(28)17-33-19-12-13-21(27(30)31)22(15-19)32-3/h7-13,15,20H,4-6,14,16-17H2,1-3H3,(H,25,29)/t20-/m0/s1. The number of ether oxygens (including phenoxy) is 2. The Morgan fingerprint density at radius 1 is 1.15 bits per heavy atom. The Morgan fingerprint density at radius 2 is 1.88 bits per heavy atom. The summed E-state index contributed by atoms with van der Waals surface area (Å²) in [6.07, 6.45) is 2.26. The third kappa shape index (κ3) is 7.48. The molecule has 0 unspecified atom stereocenters. The molecule has 0 fully saturated rings. The van der Waals surface area contributed by atoms with Gasteiger partial charge in [0, 0.05) is 25.2 Å². The number of nitro benzene ring substituents is 1. The van der Waals surface area contributed by atoms with Crippen LogP contribution in [0.3, 0.4) is 0 Å². The lowest BCUT2D eigenvalue weighted by Crippen LogP contribution is -2.50. The van der Waals surface area contributed by atoms with Crippen molar-refractivity contribution in [1.82, 2.24) is 10.2 Å². The Morgan fingerprint density at radius 3 is 2.48 bits per heavy atom. The highest BCUT2D eigenvalue weighted by Gasteiger charge is 2.29. The minimum Gasteiger partial charge on any atom is -0.490 e. The predicted octanol–water partition coefficient (Wildman–Crippen LogP) is 3.71. The van der Waals surface area contributed by atoms with E-state index in [9.17, 15) is 19.7 Å². The van der Waals surface area contributed by atoms with Crippen LogP contribution in [0.4, 0.5) is 5.69 Å². The smallest absolute Gasteiger partial charge is 0.311 e. The maximum atomic E-state index is 13.2. The largest absolute Gasteiger partial charge is 0.490 e. The molecule has 0 saturated carbocycles. The van der Waals surface area contributed by atoms with Crippen LogP contribution in [0.2, 0.25) is 0 Å². The molecule has 9 nitrogen and oxygen atoms in total. The van der Waals surface area contributed by atoms with Crippen LogP contribution in [0.25, 0.3) is 0 Å². The highest BCUT2D eigenvalue weighted by atomic mass is 16.6. The Kier molecular flexibility index (Phi) is 10.1. The fourth-order valence-electron chi connectivity index (χ4n) is 3.33. The fraction of sp³-hybridized carbons (Fsp3) is 0.417. The first-order valence-electron chi connectivity index (χ1n) is 11.0. The molecular formula is C24H31N3O6. The van der Waals surface area contributed by atoms with Gasteiger partial charge in [-0.2, -0.15) is 0 Å². The first kappa shape index (κ1) is 25.6. The van der Waals surface area contributed by atoms with Gasteiger partial charge in [-0.3, -0.25) is 19.7 Å².